The molecule has 0 atom stereocenters. The van der Waals surface area contributed by atoms with Gasteiger partial charge in [-0.3, -0.25) is 19.2 Å². The van der Waals surface area contributed by atoms with Crippen LogP contribution in [0.2, 0.25) is 0 Å². The quantitative estimate of drug-likeness (QED) is 0.133. The van der Waals surface area contributed by atoms with E-state index in [2.05, 4.69) is 10.6 Å². The van der Waals surface area contributed by atoms with Gasteiger partial charge in [0.05, 0.1) is 26.6 Å². The number of ether oxygens (including phenoxy) is 3. The minimum Gasteiger partial charge on any atom is -0.493 e. The third-order valence-corrected chi connectivity index (χ3v) is 6.45. The van der Waals surface area contributed by atoms with Crippen LogP contribution >= 0.6 is 11.8 Å². The molecule has 0 unspecified atom stereocenters. The van der Waals surface area contributed by atoms with Gasteiger partial charge in [-0.25, -0.2) is 0 Å². The number of hydrogen-bond donors (Lipinski definition) is 2. The van der Waals surface area contributed by atoms with Crippen LogP contribution in [0.25, 0.3) is 6.08 Å². The first-order valence-electron chi connectivity index (χ1n) is 12.3. The zero-order valence-corrected chi connectivity index (χ0v) is 23.2. The van der Waals surface area contributed by atoms with Crippen molar-refractivity contribution >= 4 is 47.1 Å². The predicted octanol–water partition coefficient (Wildman–Crippen LogP) is 4.73. The third kappa shape index (κ3) is 8.74. The average molecular weight is 563 g/mol. The molecule has 0 bridgehead atoms. The maximum absolute atomic E-state index is 13.4. The van der Waals surface area contributed by atoms with Crippen molar-refractivity contribution in [1.29, 1.82) is 0 Å². The van der Waals surface area contributed by atoms with Crippen LogP contribution in [0.15, 0.2) is 83.4 Å². The fourth-order valence-corrected chi connectivity index (χ4v) is 4.39. The number of Topliss-reactive ketones (excluding diaryl/α,β-unsaturated/α-hetero) is 1. The second-order valence-electron chi connectivity index (χ2n) is 8.25. The fraction of sp³-hybridized carbons (Fsp3) is 0.200. The summed E-state index contributed by atoms with van der Waals surface area (Å²) >= 11 is 1.23. The zero-order valence-electron chi connectivity index (χ0n) is 22.4. The van der Waals surface area contributed by atoms with Crippen LogP contribution in [0.1, 0.15) is 29.3 Å². The minimum absolute atomic E-state index is 0.0249. The molecule has 3 aromatic carbocycles. The van der Waals surface area contributed by atoms with Crippen molar-refractivity contribution in [2.24, 2.45) is 0 Å². The number of hydrogen-bond acceptors (Lipinski definition) is 8. The number of anilines is 1. The van der Waals surface area contributed by atoms with Crippen LogP contribution in [0, 0.1) is 0 Å². The van der Waals surface area contributed by atoms with E-state index >= 15 is 0 Å². The van der Waals surface area contributed by atoms with Gasteiger partial charge in [0.25, 0.3) is 11.8 Å². The number of carbonyl (C=O) groups excluding carboxylic acids is 4. The van der Waals surface area contributed by atoms with Crippen molar-refractivity contribution in [2.45, 2.75) is 18.2 Å². The summed E-state index contributed by atoms with van der Waals surface area (Å²) in [6.45, 7) is 1.89. The Kier molecular flexibility index (Phi) is 11.3. The molecule has 208 valence electrons. The Labute approximate surface area is 236 Å². The largest absolute Gasteiger partial charge is 0.493 e. The SMILES string of the molecule is CCOC(=O)CC(=O)CSc1cccc(NC(=O)/C(=C\c2cccc(OC)c2OC)NC(=O)c2ccccc2)c1. The molecule has 40 heavy (non-hydrogen) atoms. The van der Waals surface area contributed by atoms with Crippen molar-refractivity contribution in [3.8, 4) is 11.5 Å². The first-order chi connectivity index (χ1) is 19.3. The van der Waals surface area contributed by atoms with Crippen LogP contribution in [0.3, 0.4) is 0 Å². The Hall–Kier alpha value is -4.57. The summed E-state index contributed by atoms with van der Waals surface area (Å²) in [5.74, 6) is -0.923. The Balaban J connectivity index is 1.82. The number of benzene rings is 3. The van der Waals surface area contributed by atoms with Crippen molar-refractivity contribution < 1.29 is 33.4 Å². The van der Waals surface area contributed by atoms with E-state index in [1.165, 1.54) is 32.1 Å². The standard InChI is InChI=1S/C30H30N2O7S/c1-4-39-27(34)18-23(33)19-40-24-14-9-13-22(17-24)31-30(36)25(32-29(35)20-10-6-5-7-11-20)16-21-12-8-15-26(37-2)28(21)38-3/h5-17H,4,18-19H2,1-3H3,(H,31,36)(H,32,35)/b25-16+. The van der Waals surface area contributed by atoms with Gasteiger partial charge in [0.15, 0.2) is 17.3 Å². The number of para-hydroxylation sites is 1. The highest BCUT2D eigenvalue weighted by molar-refractivity contribution is 8.00. The molecule has 2 N–H and O–H groups in total. The smallest absolute Gasteiger partial charge is 0.313 e. The molecule has 0 saturated heterocycles. The molecule has 0 aliphatic rings. The number of methoxy groups -OCH3 is 2. The summed E-state index contributed by atoms with van der Waals surface area (Å²) < 4.78 is 15.6. The van der Waals surface area contributed by atoms with Gasteiger partial charge in [-0.2, -0.15) is 0 Å². The lowest BCUT2D eigenvalue weighted by Gasteiger charge is -2.14. The molecule has 2 amide bonds. The average Bonchev–Trinajstić information content (AvgIpc) is 2.96. The molecule has 0 spiro atoms. The van der Waals surface area contributed by atoms with Crippen LogP contribution in [-0.4, -0.2) is 50.1 Å². The van der Waals surface area contributed by atoms with Gasteiger partial charge < -0.3 is 24.8 Å². The molecule has 10 heteroatoms. The molecule has 0 fully saturated rings. The molecule has 0 heterocycles. The van der Waals surface area contributed by atoms with Crippen LogP contribution in [0.5, 0.6) is 11.5 Å². The normalized spacial score (nSPS) is 10.8. The van der Waals surface area contributed by atoms with Crippen molar-refractivity contribution in [1.82, 2.24) is 5.32 Å². The van der Waals surface area contributed by atoms with E-state index in [1.807, 2.05) is 0 Å². The van der Waals surface area contributed by atoms with E-state index < -0.39 is 17.8 Å². The maximum Gasteiger partial charge on any atom is 0.313 e. The highest BCUT2D eigenvalue weighted by Gasteiger charge is 2.18. The van der Waals surface area contributed by atoms with Crippen molar-refractivity contribution in [2.75, 3.05) is 31.9 Å². The summed E-state index contributed by atoms with van der Waals surface area (Å²) in [5, 5.41) is 5.49. The highest BCUT2D eigenvalue weighted by Crippen LogP contribution is 2.32. The van der Waals surface area contributed by atoms with E-state index in [-0.39, 0.29) is 30.3 Å². The molecule has 3 aromatic rings. The third-order valence-electron chi connectivity index (χ3n) is 5.40. The Morgan fingerprint density at radius 3 is 2.35 bits per heavy atom. The number of thioether (sulfide) groups is 1. The predicted molar refractivity (Wildman–Crippen MR) is 153 cm³/mol. The second kappa shape index (κ2) is 15.1. The summed E-state index contributed by atoms with van der Waals surface area (Å²) in [5.41, 5.74) is 1.32. The summed E-state index contributed by atoms with van der Waals surface area (Å²) in [7, 11) is 2.99. The van der Waals surface area contributed by atoms with Gasteiger partial charge in [0, 0.05) is 21.7 Å². The van der Waals surface area contributed by atoms with Gasteiger partial charge in [-0.05, 0) is 49.4 Å². The Morgan fingerprint density at radius 1 is 0.900 bits per heavy atom. The Bertz CT molecular complexity index is 1390. The lowest BCUT2D eigenvalue weighted by atomic mass is 10.1. The van der Waals surface area contributed by atoms with E-state index in [0.717, 1.165) is 0 Å². The molecular formula is C30H30N2O7S. The Morgan fingerprint density at radius 2 is 1.65 bits per heavy atom. The van der Waals surface area contributed by atoms with E-state index in [9.17, 15) is 19.2 Å². The second-order valence-corrected chi connectivity index (χ2v) is 9.30. The first kappa shape index (κ1) is 30.0. The number of nitrogens with one attached hydrogen (secondary N) is 2. The van der Waals surface area contributed by atoms with Crippen LogP contribution in [-0.2, 0) is 19.1 Å². The van der Waals surface area contributed by atoms with E-state index in [1.54, 1.807) is 79.7 Å². The van der Waals surface area contributed by atoms with Crippen molar-refractivity contribution in [3.63, 3.8) is 0 Å². The molecule has 3 rings (SSSR count). The number of rotatable bonds is 13. The topological polar surface area (TPSA) is 120 Å². The molecule has 9 nitrogen and oxygen atoms in total. The van der Waals surface area contributed by atoms with Gasteiger partial charge in [-0.1, -0.05) is 36.4 Å². The minimum atomic E-state index is -0.574. The molecule has 0 saturated carbocycles. The van der Waals surface area contributed by atoms with Crippen LogP contribution < -0.4 is 20.1 Å². The highest BCUT2D eigenvalue weighted by atomic mass is 32.2. The van der Waals surface area contributed by atoms with Gasteiger partial charge >= 0.3 is 5.97 Å². The zero-order chi connectivity index (χ0) is 28.9. The lowest BCUT2D eigenvalue weighted by Crippen LogP contribution is -2.30. The lowest BCUT2D eigenvalue weighted by molar-refractivity contribution is -0.145. The summed E-state index contributed by atoms with van der Waals surface area (Å²) in [6, 6.07) is 20.6. The molecule has 0 aromatic heterocycles. The molecular weight excluding hydrogens is 532 g/mol. The number of esters is 1. The number of carbonyl (C=O) groups is 4. The first-order valence-corrected chi connectivity index (χ1v) is 13.3. The molecule has 0 radical (unpaired) electrons. The van der Waals surface area contributed by atoms with Crippen molar-refractivity contribution in [3.05, 3.63) is 89.6 Å². The van der Waals surface area contributed by atoms with Gasteiger partial charge in [0.2, 0.25) is 0 Å². The van der Waals surface area contributed by atoms with Crippen LogP contribution in [0.4, 0.5) is 5.69 Å². The summed E-state index contributed by atoms with van der Waals surface area (Å²) in [4.78, 5) is 50.7. The number of amides is 2. The monoisotopic (exact) mass is 562 g/mol. The molecule has 0 aliphatic carbocycles. The van der Waals surface area contributed by atoms with E-state index in [4.69, 9.17) is 14.2 Å². The fourth-order valence-electron chi connectivity index (χ4n) is 3.57. The van der Waals surface area contributed by atoms with Gasteiger partial charge in [-0.15, -0.1) is 11.8 Å². The van der Waals surface area contributed by atoms with Gasteiger partial charge in [0.1, 0.15) is 12.1 Å². The number of ketones is 1. The maximum atomic E-state index is 13.4. The molecule has 0 aliphatic heterocycles. The van der Waals surface area contributed by atoms with E-state index in [0.29, 0.717) is 33.2 Å². The summed E-state index contributed by atoms with van der Waals surface area (Å²) in [6.07, 6.45) is 1.21.